The summed E-state index contributed by atoms with van der Waals surface area (Å²) >= 11 is 0. The Kier molecular flexibility index (Phi) is 5.16. The van der Waals surface area contributed by atoms with Crippen molar-refractivity contribution in [2.45, 2.75) is 6.92 Å². The van der Waals surface area contributed by atoms with E-state index >= 15 is 0 Å². The number of nitrogens with one attached hydrogen (secondary N) is 1. The van der Waals surface area contributed by atoms with Crippen LogP contribution < -0.4 is 14.8 Å². The molecule has 1 N–H and O–H groups in total. The minimum atomic E-state index is -0.847. The molecule has 0 saturated carbocycles. The molecule has 4 heterocycles. The number of methoxy groups -OCH3 is 1. The molecule has 4 aromatic rings. The van der Waals surface area contributed by atoms with Crippen molar-refractivity contribution < 1.29 is 23.1 Å². The van der Waals surface area contributed by atoms with Gasteiger partial charge in [0.2, 0.25) is 17.4 Å². The van der Waals surface area contributed by atoms with E-state index in [-0.39, 0.29) is 28.6 Å². The summed E-state index contributed by atoms with van der Waals surface area (Å²) in [5.41, 5.74) is 0.966. The number of hydrogen-bond acceptors (Lipinski definition) is 9. The molecule has 30 heavy (non-hydrogen) atoms. The number of oxazole rings is 1. The molecule has 4 aromatic heterocycles. The van der Waals surface area contributed by atoms with E-state index in [0.717, 1.165) is 6.20 Å². The van der Waals surface area contributed by atoms with Gasteiger partial charge < -0.3 is 13.9 Å². The van der Waals surface area contributed by atoms with Gasteiger partial charge in [0.05, 0.1) is 38.0 Å². The SMILES string of the molecule is CCOc1ccc(-c2cncc(C(=O)Nc3nc4c(F)ncc(OC)c4o3)n2)cn1. The van der Waals surface area contributed by atoms with Crippen LogP contribution in [0.1, 0.15) is 17.4 Å². The van der Waals surface area contributed by atoms with Crippen molar-refractivity contribution in [3.8, 4) is 22.9 Å². The number of halogens is 1. The van der Waals surface area contributed by atoms with Gasteiger partial charge in [-0.15, -0.1) is 0 Å². The fraction of sp³-hybridized carbons (Fsp3) is 0.158. The molecule has 0 spiro atoms. The Morgan fingerprint density at radius 3 is 2.77 bits per heavy atom. The molecule has 0 fully saturated rings. The Labute approximate surface area is 169 Å². The topological polar surface area (TPSA) is 125 Å². The summed E-state index contributed by atoms with van der Waals surface area (Å²) in [5.74, 6) is -0.817. The molecular weight excluding hydrogens is 395 g/mol. The Morgan fingerprint density at radius 2 is 2.03 bits per heavy atom. The largest absolute Gasteiger partial charge is 0.491 e. The maximum atomic E-state index is 13.9. The summed E-state index contributed by atoms with van der Waals surface area (Å²) in [4.78, 5) is 32.5. The summed E-state index contributed by atoms with van der Waals surface area (Å²) in [6, 6.07) is 3.23. The first-order chi connectivity index (χ1) is 14.6. The summed E-state index contributed by atoms with van der Waals surface area (Å²) < 4.78 is 29.6. The minimum Gasteiger partial charge on any atom is -0.491 e. The third-order valence-electron chi connectivity index (χ3n) is 3.97. The highest BCUT2D eigenvalue weighted by Crippen LogP contribution is 2.29. The van der Waals surface area contributed by atoms with E-state index in [4.69, 9.17) is 13.9 Å². The van der Waals surface area contributed by atoms with Crippen molar-refractivity contribution in [2.24, 2.45) is 0 Å². The normalized spacial score (nSPS) is 10.8. The third-order valence-corrected chi connectivity index (χ3v) is 3.97. The third kappa shape index (κ3) is 3.72. The van der Waals surface area contributed by atoms with Gasteiger partial charge in [-0.25, -0.2) is 15.0 Å². The van der Waals surface area contributed by atoms with E-state index in [1.165, 1.54) is 19.5 Å². The second-order valence-electron chi connectivity index (χ2n) is 5.88. The van der Waals surface area contributed by atoms with Crippen LogP contribution in [-0.2, 0) is 0 Å². The first-order valence-electron chi connectivity index (χ1n) is 8.80. The fourth-order valence-electron chi connectivity index (χ4n) is 2.60. The Bertz CT molecular complexity index is 1210. The maximum Gasteiger partial charge on any atom is 0.303 e. The van der Waals surface area contributed by atoms with Crippen molar-refractivity contribution >= 4 is 23.0 Å². The highest BCUT2D eigenvalue weighted by atomic mass is 19.1. The first kappa shape index (κ1) is 19.2. The quantitative estimate of drug-likeness (QED) is 0.478. The Balaban J connectivity index is 1.58. The number of amides is 1. The van der Waals surface area contributed by atoms with Crippen molar-refractivity contribution in [1.29, 1.82) is 0 Å². The first-order valence-corrected chi connectivity index (χ1v) is 8.80. The van der Waals surface area contributed by atoms with Crippen molar-refractivity contribution in [1.82, 2.24) is 24.9 Å². The van der Waals surface area contributed by atoms with E-state index in [1.54, 1.807) is 18.3 Å². The lowest BCUT2D eigenvalue weighted by Gasteiger charge is -2.05. The number of aromatic nitrogens is 5. The van der Waals surface area contributed by atoms with Crippen LogP contribution in [0.25, 0.3) is 22.4 Å². The molecule has 0 saturated heterocycles. The minimum absolute atomic E-state index is 0.00852. The van der Waals surface area contributed by atoms with Crippen molar-refractivity contribution in [2.75, 3.05) is 19.0 Å². The molecule has 0 atom stereocenters. The van der Waals surface area contributed by atoms with Crippen LogP contribution >= 0.6 is 0 Å². The molecule has 0 aliphatic rings. The molecule has 11 heteroatoms. The van der Waals surface area contributed by atoms with Gasteiger partial charge in [-0.2, -0.15) is 9.37 Å². The smallest absolute Gasteiger partial charge is 0.303 e. The van der Waals surface area contributed by atoms with Gasteiger partial charge in [-0.3, -0.25) is 15.1 Å². The van der Waals surface area contributed by atoms with Crippen LogP contribution in [-0.4, -0.2) is 44.5 Å². The van der Waals surface area contributed by atoms with E-state index < -0.39 is 11.9 Å². The number of hydrogen-bond donors (Lipinski definition) is 1. The number of carbonyl (C=O) groups is 1. The molecule has 0 aromatic carbocycles. The zero-order chi connectivity index (χ0) is 21.1. The molecule has 10 nitrogen and oxygen atoms in total. The predicted molar refractivity (Wildman–Crippen MR) is 103 cm³/mol. The van der Waals surface area contributed by atoms with Gasteiger partial charge >= 0.3 is 6.01 Å². The number of fused-ring (bicyclic) bond motifs is 1. The molecular formula is C19H15FN6O4. The van der Waals surface area contributed by atoms with Crippen LogP contribution in [0.5, 0.6) is 11.6 Å². The van der Waals surface area contributed by atoms with Gasteiger partial charge in [0.25, 0.3) is 5.91 Å². The van der Waals surface area contributed by atoms with Gasteiger partial charge in [-0.05, 0) is 13.0 Å². The number of pyridine rings is 2. The fourth-order valence-corrected chi connectivity index (χ4v) is 2.60. The highest BCUT2D eigenvalue weighted by Gasteiger charge is 2.19. The predicted octanol–water partition coefficient (Wildman–Crippen LogP) is 2.87. The van der Waals surface area contributed by atoms with Crippen LogP contribution in [0, 0.1) is 5.95 Å². The molecule has 152 valence electrons. The number of anilines is 1. The number of nitrogens with zero attached hydrogens (tertiary/aromatic N) is 5. The van der Waals surface area contributed by atoms with Crippen LogP contribution in [0.4, 0.5) is 10.4 Å². The number of ether oxygens (including phenoxy) is 2. The summed E-state index contributed by atoms with van der Waals surface area (Å²) in [5, 5.41) is 2.43. The molecule has 0 unspecified atom stereocenters. The van der Waals surface area contributed by atoms with E-state index in [1.807, 2.05) is 6.92 Å². The molecule has 1 amide bonds. The second kappa shape index (κ2) is 8.07. The standard InChI is InChI=1S/C19H15FN6O4/c1-3-29-14-5-4-10(6-22-14)11-7-21-8-12(24-11)18(27)26-19-25-15-16(30-19)13(28-2)9-23-17(15)20/h4-9H,3H2,1-2H3,(H,25,26,27). The van der Waals surface area contributed by atoms with E-state index in [9.17, 15) is 9.18 Å². The van der Waals surface area contributed by atoms with Crippen LogP contribution in [0.15, 0.2) is 41.3 Å². The molecule has 0 aliphatic heterocycles. The lowest BCUT2D eigenvalue weighted by atomic mass is 10.2. The number of carbonyl (C=O) groups excluding carboxylic acids is 1. The zero-order valence-electron chi connectivity index (χ0n) is 15.9. The second-order valence-corrected chi connectivity index (χ2v) is 5.88. The Hall–Kier alpha value is -4.15. The molecule has 0 aliphatic carbocycles. The number of rotatable bonds is 6. The molecule has 4 rings (SSSR count). The lowest BCUT2D eigenvalue weighted by Crippen LogP contribution is -2.14. The van der Waals surface area contributed by atoms with Crippen molar-refractivity contribution in [3.63, 3.8) is 0 Å². The summed E-state index contributed by atoms with van der Waals surface area (Å²) in [6.07, 6.45) is 5.51. The summed E-state index contributed by atoms with van der Waals surface area (Å²) in [6.45, 7) is 2.37. The Morgan fingerprint density at radius 1 is 1.17 bits per heavy atom. The average molecular weight is 410 g/mol. The maximum absolute atomic E-state index is 13.9. The average Bonchev–Trinajstić information content (AvgIpc) is 3.19. The van der Waals surface area contributed by atoms with Gasteiger partial charge in [0.15, 0.2) is 11.3 Å². The van der Waals surface area contributed by atoms with Crippen LogP contribution in [0.3, 0.4) is 0 Å². The van der Waals surface area contributed by atoms with E-state index in [2.05, 4.69) is 30.2 Å². The van der Waals surface area contributed by atoms with Gasteiger partial charge in [0.1, 0.15) is 5.69 Å². The zero-order valence-corrected chi connectivity index (χ0v) is 15.9. The molecule has 0 radical (unpaired) electrons. The highest BCUT2D eigenvalue weighted by molar-refractivity contribution is 6.02. The van der Waals surface area contributed by atoms with E-state index in [0.29, 0.717) is 23.7 Å². The van der Waals surface area contributed by atoms with Gasteiger partial charge in [0, 0.05) is 17.8 Å². The van der Waals surface area contributed by atoms with Crippen LogP contribution in [0.2, 0.25) is 0 Å². The van der Waals surface area contributed by atoms with Crippen molar-refractivity contribution in [3.05, 3.63) is 48.6 Å². The monoisotopic (exact) mass is 410 g/mol. The lowest BCUT2D eigenvalue weighted by molar-refractivity contribution is 0.101. The summed E-state index contributed by atoms with van der Waals surface area (Å²) in [7, 11) is 1.38. The van der Waals surface area contributed by atoms with Gasteiger partial charge in [-0.1, -0.05) is 0 Å². The molecule has 0 bridgehead atoms.